The van der Waals surface area contributed by atoms with Crippen molar-refractivity contribution in [3.63, 3.8) is 0 Å². The van der Waals surface area contributed by atoms with Gasteiger partial charge in [0, 0.05) is 12.6 Å². The van der Waals surface area contributed by atoms with E-state index in [1.807, 2.05) is 6.92 Å². The Labute approximate surface area is 68.6 Å². The first kappa shape index (κ1) is 10.9. The highest BCUT2D eigenvalue weighted by Gasteiger charge is 2.09. The Balaban J connectivity index is 3.66. The fraction of sp³-hybridized carbons (Fsp3) is 1.00. The van der Waals surface area contributed by atoms with Gasteiger partial charge < -0.3 is 10.2 Å². The molecule has 0 aromatic heterocycles. The molecular weight excluding hydrogens is 142 g/mol. The standard InChI is InChI=1S/C8H19NO2/c1-3-4-9(5-6-10)8(2)7-11/h8,10-11H,3-7H2,1-2H3. The van der Waals surface area contributed by atoms with Crippen LogP contribution in [0.15, 0.2) is 0 Å². The van der Waals surface area contributed by atoms with Crippen LogP contribution in [0.5, 0.6) is 0 Å². The lowest BCUT2D eigenvalue weighted by Crippen LogP contribution is -2.38. The zero-order valence-corrected chi connectivity index (χ0v) is 7.45. The fourth-order valence-electron chi connectivity index (χ4n) is 1.08. The number of aliphatic hydroxyl groups is 2. The first-order valence-electron chi connectivity index (χ1n) is 4.22. The maximum absolute atomic E-state index is 8.84. The van der Waals surface area contributed by atoms with Crippen LogP contribution in [0, 0.1) is 0 Å². The predicted molar refractivity (Wildman–Crippen MR) is 45.5 cm³/mol. The van der Waals surface area contributed by atoms with Gasteiger partial charge >= 0.3 is 0 Å². The molecule has 0 aromatic rings. The van der Waals surface area contributed by atoms with Crippen LogP contribution in [0.4, 0.5) is 0 Å². The smallest absolute Gasteiger partial charge is 0.0584 e. The summed E-state index contributed by atoms with van der Waals surface area (Å²) in [4.78, 5) is 2.08. The summed E-state index contributed by atoms with van der Waals surface area (Å²) in [5.74, 6) is 0. The lowest BCUT2D eigenvalue weighted by molar-refractivity contribution is 0.111. The second-order valence-electron chi connectivity index (χ2n) is 2.79. The van der Waals surface area contributed by atoms with Crippen molar-refractivity contribution >= 4 is 0 Å². The molecule has 0 radical (unpaired) electrons. The van der Waals surface area contributed by atoms with E-state index in [2.05, 4.69) is 11.8 Å². The molecule has 1 unspecified atom stereocenters. The molecule has 0 spiro atoms. The summed E-state index contributed by atoms with van der Waals surface area (Å²) in [6.45, 7) is 6.00. The Morgan fingerprint density at radius 2 is 1.91 bits per heavy atom. The molecule has 0 aliphatic rings. The second-order valence-corrected chi connectivity index (χ2v) is 2.79. The normalized spacial score (nSPS) is 13.9. The Kier molecular flexibility index (Phi) is 6.51. The van der Waals surface area contributed by atoms with Crippen LogP contribution in [0.2, 0.25) is 0 Å². The third kappa shape index (κ3) is 4.35. The summed E-state index contributed by atoms with van der Waals surface area (Å²) in [7, 11) is 0. The van der Waals surface area contributed by atoms with Crippen LogP contribution in [-0.2, 0) is 0 Å². The van der Waals surface area contributed by atoms with Crippen LogP contribution in [-0.4, -0.2) is 47.5 Å². The van der Waals surface area contributed by atoms with Crippen molar-refractivity contribution in [3.05, 3.63) is 0 Å². The molecule has 0 amide bonds. The third-order valence-corrected chi connectivity index (χ3v) is 1.79. The molecule has 1 atom stereocenters. The molecule has 2 N–H and O–H groups in total. The highest BCUT2D eigenvalue weighted by molar-refractivity contribution is 4.64. The summed E-state index contributed by atoms with van der Waals surface area (Å²) < 4.78 is 0. The van der Waals surface area contributed by atoms with E-state index >= 15 is 0 Å². The average Bonchev–Trinajstić information content (AvgIpc) is 2.03. The lowest BCUT2D eigenvalue weighted by atomic mass is 10.3. The van der Waals surface area contributed by atoms with Crippen LogP contribution >= 0.6 is 0 Å². The van der Waals surface area contributed by atoms with E-state index in [-0.39, 0.29) is 19.3 Å². The van der Waals surface area contributed by atoms with Crippen molar-refractivity contribution in [2.45, 2.75) is 26.3 Å². The van der Waals surface area contributed by atoms with E-state index < -0.39 is 0 Å². The topological polar surface area (TPSA) is 43.7 Å². The highest BCUT2D eigenvalue weighted by atomic mass is 16.3. The Bertz CT molecular complexity index is 82.2. The maximum atomic E-state index is 8.84. The largest absolute Gasteiger partial charge is 0.395 e. The number of nitrogens with zero attached hydrogens (tertiary/aromatic N) is 1. The Hall–Kier alpha value is -0.120. The summed E-state index contributed by atoms with van der Waals surface area (Å²) in [6, 6.07) is 0.169. The molecule has 3 nitrogen and oxygen atoms in total. The minimum atomic E-state index is 0.167. The van der Waals surface area contributed by atoms with E-state index in [1.54, 1.807) is 0 Å². The SMILES string of the molecule is CCCN(CCO)C(C)CO. The summed E-state index contributed by atoms with van der Waals surface area (Å²) in [5, 5.41) is 17.5. The monoisotopic (exact) mass is 161 g/mol. The van der Waals surface area contributed by atoms with Crippen LogP contribution in [0.25, 0.3) is 0 Å². The molecule has 0 aromatic carbocycles. The minimum Gasteiger partial charge on any atom is -0.395 e. The van der Waals surface area contributed by atoms with Crippen molar-refractivity contribution in [2.24, 2.45) is 0 Å². The quantitative estimate of drug-likeness (QED) is 0.579. The van der Waals surface area contributed by atoms with Crippen molar-refractivity contribution in [2.75, 3.05) is 26.3 Å². The van der Waals surface area contributed by atoms with Crippen LogP contribution in [0.1, 0.15) is 20.3 Å². The van der Waals surface area contributed by atoms with Gasteiger partial charge in [-0.2, -0.15) is 0 Å². The fourth-order valence-corrected chi connectivity index (χ4v) is 1.08. The van der Waals surface area contributed by atoms with Gasteiger partial charge in [0.05, 0.1) is 13.2 Å². The van der Waals surface area contributed by atoms with Gasteiger partial charge in [0.2, 0.25) is 0 Å². The van der Waals surface area contributed by atoms with E-state index in [0.717, 1.165) is 13.0 Å². The summed E-state index contributed by atoms with van der Waals surface area (Å²) in [6.07, 6.45) is 1.06. The molecule has 68 valence electrons. The zero-order valence-electron chi connectivity index (χ0n) is 7.45. The van der Waals surface area contributed by atoms with Gasteiger partial charge in [-0.1, -0.05) is 6.92 Å². The molecule has 0 rings (SSSR count). The molecule has 0 aliphatic carbocycles. The molecule has 11 heavy (non-hydrogen) atoms. The molecule has 0 bridgehead atoms. The molecule has 0 saturated heterocycles. The maximum Gasteiger partial charge on any atom is 0.0584 e. The molecule has 0 heterocycles. The summed E-state index contributed by atoms with van der Waals surface area (Å²) >= 11 is 0. The number of hydrogen-bond donors (Lipinski definition) is 2. The Morgan fingerprint density at radius 3 is 2.27 bits per heavy atom. The van der Waals surface area contributed by atoms with Crippen LogP contribution < -0.4 is 0 Å². The number of rotatable bonds is 6. The first-order chi connectivity index (χ1) is 5.26. The molecule has 0 fully saturated rings. The molecule has 0 saturated carbocycles. The van der Waals surface area contributed by atoms with Crippen molar-refractivity contribution < 1.29 is 10.2 Å². The second kappa shape index (κ2) is 6.58. The third-order valence-electron chi connectivity index (χ3n) is 1.79. The van der Waals surface area contributed by atoms with E-state index in [4.69, 9.17) is 10.2 Å². The van der Waals surface area contributed by atoms with Crippen molar-refractivity contribution in [1.29, 1.82) is 0 Å². The van der Waals surface area contributed by atoms with Gasteiger partial charge in [-0.05, 0) is 19.9 Å². The van der Waals surface area contributed by atoms with Gasteiger partial charge in [0.25, 0.3) is 0 Å². The van der Waals surface area contributed by atoms with Gasteiger partial charge in [-0.3, -0.25) is 4.90 Å². The number of aliphatic hydroxyl groups excluding tert-OH is 2. The zero-order chi connectivity index (χ0) is 8.69. The molecule has 3 heteroatoms. The van der Waals surface area contributed by atoms with Gasteiger partial charge in [-0.25, -0.2) is 0 Å². The Morgan fingerprint density at radius 1 is 1.27 bits per heavy atom. The van der Waals surface area contributed by atoms with Crippen molar-refractivity contribution in [1.82, 2.24) is 4.90 Å². The van der Waals surface area contributed by atoms with E-state index in [1.165, 1.54) is 0 Å². The van der Waals surface area contributed by atoms with Gasteiger partial charge in [0.1, 0.15) is 0 Å². The lowest BCUT2D eigenvalue weighted by Gasteiger charge is -2.26. The van der Waals surface area contributed by atoms with E-state index in [0.29, 0.717) is 6.54 Å². The summed E-state index contributed by atoms with van der Waals surface area (Å²) in [5.41, 5.74) is 0. The van der Waals surface area contributed by atoms with Gasteiger partial charge in [0.15, 0.2) is 0 Å². The first-order valence-corrected chi connectivity index (χ1v) is 4.22. The van der Waals surface area contributed by atoms with Gasteiger partial charge in [-0.15, -0.1) is 0 Å². The number of hydrogen-bond acceptors (Lipinski definition) is 3. The molecular formula is C8H19NO2. The highest BCUT2D eigenvalue weighted by Crippen LogP contribution is 1.98. The average molecular weight is 161 g/mol. The van der Waals surface area contributed by atoms with Crippen molar-refractivity contribution in [3.8, 4) is 0 Å². The predicted octanol–water partition coefficient (Wildman–Crippen LogP) is 0.0715. The molecule has 0 aliphatic heterocycles. The minimum absolute atomic E-state index is 0.167. The van der Waals surface area contributed by atoms with E-state index in [9.17, 15) is 0 Å². The van der Waals surface area contributed by atoms with Crippen LogP contribution in [0.3, 0.4) is 0 Å².